The minimum Gasteiger partial charge on any atom is -0.468 e. The van der Waals surface area contributed by atoms with Crippen LogP contribution < -0.4 is 10.6 Å². The van der Waals surface area contributed by atoms with Crippen LogP contribution in [0.15, 0.2) is 47.1 Å². The number of carbonyl (C=O) groups is 1. The predicted octanol–water partition coefficient (Wildman–Crippen LogP) is 4.03. The number of aryl methyl sites for hydroxylation is 1. The third kappa shape index (κ3) is 5.55. The molecule has 0 aliphatic rings. The van der Waals surface area contributed by atoms with E-state index in [0.717, 1.165) is 34.9 Å². The SMILES string of the molecule is Cc1ccccc1NC(=O)NCCCSCc1ccco1. The number of thioether (sulfide) groups is 1. The highest BCUT2D eigenvalue weighted by Crippen LogP contribution is 2.13. The number of nitrogens with one attached hydrogen (secondary N) is 2. The number of carbonyl (C=O) groups excluding carboxylic acids is 1. The number of hydrogen-bond acceptors (Lipinski definition) is 3. The quantitative estimate of drug-likeness (QED) is 0.759. The minimum absolute atomic E-state index is 0.152. The summed E-state index contributed by atoms with van der Waals surface area (Å²) in [6, 6.07) is 11.5. The molecule has 2 amide bonds. The van der Waals surface area contributed by atoms with Crippen molar-refractivity contribution in [2.24, 2.45) is 0 Å². The van der Waals surface area contributed by atoms with E-state index in [2.05, 4.69) is 10.6 Å². The van der Waals surface area contributed by atoms with Gasteiger partial charge in [-0.2, -0.15) is 11.8 Å². The Morgan fingerprint density at radius 3 is 2.86 bits per heavy atom. The summed E-state index contributed by atoms with van der Waals surface area (Å²) >= 11 is 1.80. The Kier molecular flexibility index (Phi) is 6.22. The Hall–Kier alpha value is -1.88. The van der Waals surface area contributed by atoms with Gasteiger partial charge in [0.05, 0.1) is 12.0 Å². The van der Waals surface area contributed by atoms with Crippen molar-refractivity contribution in [3.63, 3.8) is 0 Å². The minimum atomic E-state index is -0.152. The summed E-state index contributed by atoms with van der Waals surface area (Å²) in [5, 5.41) is 5.72. The zero-order chi connectivity index (χ0) is 14.9. The van der Waals surface area contributed by atoms with Gasteiger partial charge in [-0.05, 0) is 42.9 Å². The van der Waals surface area contributed by atoms with Crippen molar-refractivity contribution in [2.45, 2.75) is 19.1 Å². The van der Waals surface area contributed by atoms with E-state index in [0.29, 0.717) is 6.54 Å². The summed E-state index contributed by atoms with van der Waals surface area (Å²) in [4.78, 5) is 11.7. The highest BCUT2D eigenvalue weighted by atomic mass is 32.2. The molecule has 0 saturated carbocycles. The van der Waals surface area contributed by atoms with Gasteiger partial charge in [0.1, 0.15) is 5.76 Å². The van der Waals surface area contributed by atoms with Crippen molar-refractivity contribution >= 4 is 23.5 Å². The summed E-state index contributed by atoms with van der Waals surface area (Å²) in [7, 11) is 0. The molecule has 5 heteroatoms. The smallest absolute Gasteiger partial charge is 0.319 e. The molecule has 2 aromatic rings. The Labute approximate surface area is 129 Å². The monoisotopic (exact) mass is 304 g/mol. The van der Waals surface area contributed by atoms with E-state index in [1.807, 2.05) is 43.3 Å². The van der Waals surface area contributed by atoms with Crippen molar-refractivity contribution in [3.05, 3.63) is 54.0 Å². The molecule has 0 atom stereocenters. The standard InChI is InChI=1S/C16H20N2O2S/c1-13-6-2-3-8-15(13)18-16(19)17-9-5-11-21-12-14-7-4-10-20-14/h2-4,6-8,10H,5,9,11-12H2,1H3,(H2,17,18,19). The first-order valence-electron chi connectivity index (χ1n) is 6.96. The summed E-state index contributed by atoms with van der Waals surface area (Å²) < 4.78 is 5.26. The fourth-order valence-electron chi connectivity index (χ4n) is 1.82. The zero-order valence-corrected chi connectivity index (χ0v) is 12.9. The summed E-state index contributed by atoms with van der Waals surface area (Å²) in [5.41, 5.74) is 1.91. The van der Waals surface area contributed by atoms with E-state index in [1.54, 1.807) is 18.0 Å². The molecule has 0 bridgehead atoms. The summed E-state index contributed by atoms with van der Waals surface area (Å²) in [5.74, 6) is 2.86. The van der Waals surface area contributed by atoms with Crippen LogP contribution in [0.25, 0.3) is 0 Å². The third-order valence-electron chi connectivity index (χ3n) is 2.97. The maximum absolute atomic E-state index is 11.7. The lowest BCUT2D eigenvalue weighted by Crippen LogP contribution is -2.30. The van der Waals surface area contributed by atoms with Crippen LogP contribution in [0.5, 0.6) is 0 Å². The van der Waals surface area contributed by atoms with E-state index in [9.17, 15) is 4.79 Å². The fourth-order valence-corrected chi connectivity index (χ4v) is 2.68. The highest BCUT2D eigenvalue weighted by Gasteiger charge is 2.02. The van der Waals surface area contributed by atoms with Gasteiger partial charge >= 0.3 is 6.03 Å². The molecule has 1 aromatic carbocycles. The average molecular weight is 304 g/mol. The van der Waals surface area contributed by atoms with E-state index < -0.39 is 0 Å². The maximum atomic E-state index is 11.7. The topological polar surface area (TPSA) is 54.3 Å². The van der Waals surface area contributed by atoms with Crippen LogP contribution in [-0.4, -0.2) is 18.3 Å². The van der Waals surface area contributed by atoms with Gasteiger partial charge in [0.2, 0.25) is 0 Å². The number of benzene rings is 1. The van der Waals surface area contributed by atoms with Crippen molar-refractivity contribution < 1.29 is 9.21 Å². The zero-order valence-electron chi connectivity index (χ0n) is 12.1. The number of furan rings is 1. The Morgan fingerprint density at radius 2 is 2.10 bits per heavy atom. The molecule has 0 fully saturated rings. The highest BCUT2D eigenvalue weighted by molar-refractivity contribution is 7.98. The van der Waals surface area contributed by atoms with Gasteiger partial charge in [0.25, 0.3) is 0 Å². The molecule has 0 radical (unpaired) electrons. The van der Waals surface area contributed by atoms with Crippen LogP contribution in [0.2, 0.25) is 0 Å². The molecule has 112 valence electrons. The molecule has 4 nitrogen and oxygen atoms in total. The van der Waals surface area contributed by atoms with E-state index in [1.165, 1.54) is 0 Å². The van der Waals surface area contributed by atoms with Crippen LogP contribution in [0, 0.1) is 6.92 Å². The number of para-hydroxylation sites is 1. The molecule has 1 heterocycles. The summed E-state index contributed by atoms with van der Waals surface area (Å²) in [6.07, 6.45) is 2.62. The van der Waals surface area contributed by atoms with Crippen LogP contribution in [0.4, 0.5) is 10.5 Å². The average Bonchev–Trinajstić information content (AvgIpc) is 2.98. The van der Waals surface area contributed by atoms with E-state index in [4.69, 9.17) is 4.42 Å². The first-order chi connectivity index (χ1) is 10.3. The van der Waals surface area contributed by atoms with Gasteiger partial charge < -0.3 is 15.1 Å². The molecule has 2 rings (SSSR count). The number of hydrogen-bond donors (Lipinski definition) is 2. The Bertz CT molecular complexity index is 555. The molecular formula is C16H20N2O2S. The molecule has 0 aliphatic carbocycles. The van der Waals surface area contributed by atoms with Gasteiger partial charge in [0.15, 0.2) is 0 Å². The largest absolute Gasteiger partial charge is 0.468 e. The lowest BCUT2D eigenvalue weighted by Gasteiger charge is -2.09. The van der Waals surface area contributed by atoms with E-state index >= 15 is 0 Å². The lowest BCUT2D eigenvalue weighted by molar-refractivity contribution is 0.252. The van der Waals surface area contributed by atoms with Gasteiger partial charge in [0, 0.05) is 12.2 Å². The molecule has 21 heavy (non-hydrogen) atoms. The lowest BCUT2D eigenvalue weighted by atomic mass is 10.2. The molecule has 0 spiro atoms. The Balaban J connectivity index is 1.56. The van der Waals surface area contributed by atoms with Gasteiger partial charge in [-0.3, -0.25) is 0 Å². The third-order valence-corrected chi connectivity index (χ3v) is 4.03. The van der Waals surface area contributed by atoms with Crippen molar-refractivity contribution in [1.29, 1.82) is 0 Å². The normalized spacial score (nSPS) is 10.3. The number of rotatable bonds is 7. The van der Waals surface area contributed by atoms with Crippen LogP contribution >= 0.6 is 11.8 Å². The van der Waals surface area contributed by atoms with Gasteiger partial charge in [-0.25, -0.2) is 4.79 Å². The Morgan fingerprint density at radius 1 is 1.24 bits per heavy atom. The maximum Gasteiger partial charge on any atom is 0.319 e. The second kappa shape index (κ2) is 8.42. The number of urea groups is 1. The number of amides is 2. The van der Waals surface area contributed by atoms with Crippen LogP contribution in [0.3, 0.4) is 0 Å². The number of anilines is 1. The van der Waals surface area contributed by atoms with Crippen LogP contribution in [0.1, 0.15) is 17.7 Å². The molecule has 1 aromatic heterocycles. The molecule has 0 saturated heterocycles. The fraction of sp³-hybridized carbons (Fsp3) is 0.312. The van der Waals surface area contributed by atoms with Crippen molar-refractivity contribution in [3.8, 4) is 0 Å². The second-order valence-corrected chi connectivity index (χ2v) is 5.79. The second-order valence-electron chi connectivity index (χ2n) is 4.68. The van der Waals surface area contributed by atoms with E-state index in [-0.39, 0.29) is 6.03 Å². The first-order valence-corrected chi connectivity index (χ1v) is 8.12. The molecule has 0 aliphatic heterocycles. The predicted molar refractivity (Wildman–Crippen MR) is 87.7 cm³/mol. The molecular weight excluding hydrogens is 284 g/mol. The molecule has 0 unspecified atom stereocenters. The van der Waals surface area contributed by atoms with Crippen molar-refractivity contribution in [1.82, 2.24) is 5.32 Å². The summed E-state index contributed by atoms with van der Waals surface area (Å²) in [6.45, 7) is 2.64. The van der Waals surface area contributed by atoms with Crippen LogP contribution in [-0.2, 0) is 5.75 Å². The van der Waals surface area contributed by atoms with Gasteiger partial charge in [-0.15, -0.1) is 0 Å². The van der Waals surface area contributed by atoms with Crippen molar-refractivity contribution in [2.75, 3.05) is 17.6 Å². The molecule has 2 N–H and O–H groups in total. The van der Waals surface area contributed by atoms with Gasteiger partial charge in [-0.1, -0.05) is 18.2 Å². The first kappa shape index (κ1) is 15.5.